The number of carbonyl (C=O) groups excluding carboxylic acids is 2. The van der Waals surface area contributed by atoms with Crippen LogP contribution in [0.3, 0.4) is 0 Å². The Bertz CT molecular complexity index is 801. The molecule has 1 aromatic carbocycles. The van der Waals surface area contributed by atoms with Crippen LogP contribution in [-0.2, 0) is 30.4 Å². The fourth-order valence-corrected chi connectivity index (χ4v) is 3.12. The molecular formula is C28H40O5. The Morgan fingerprint density at radius 3 is 2.18 bits per heavy atom. The predicted molar refractivity (Wildman–Crippen MR) is 133 cm³/mol. The molecule has 1 aromatic rings. The molecule has 0 N–H and O–H groups in total. The number of hydrogen-bond donors (Lipinski definition) is 0. The molecule has 0 aromatic heterocycles. The lowest BCUT2D eigenvalue weighted by molar-refractivity contribution is -0.153. The van der Waals surface area contributed by atoms with Gasteiger partial charge in [-0.25, -0.2) is 4.79 Å². The van der Waals surface area contributed by atoms with Gasteiger partial charge in [0.2, 0.25) is 5.78 Å². The third-order valence-corrected chi connectivity index (χ3v) is 5.13. The van der Waals surface area contributed by atoms with Crippen LogP contribution in [0.5, 0.6) is 0 Å². The Labute approximate surface area is 199 Å². The van der Waals surface area contributed by atoms with E-state index in [1.807, 2.05) is 36.4 Å². The summed E-state index contributed by atoms with van der Waals surface area (Å²) >= 11 is 0. The number of carbonyl (C=O) groups is 2. The molecule has 0 aliphatic rings. The summed E-state index contributed by atoms with van der Waals surface area (Å²) in [7, 11) is 1.20. The first-order valence-corrected chi connectivity index (χ1v) is 11.6. The molecule has 0 saturated carbocycles. The Morgan fingerprint density at radius 1 is 0.909 bits per heavy atom. The highest BCUT2D eigenvalue weighted by atomic mass is 16.5. The number of ketones is 1. The highest BCUT2D eigenvalue weighted by Crippen LogP contribution is 2.12. The maximum absolute atomic E-state index is 12.0. The van der Waals surface area contributed by atoms with Crippen LogP contribution in [0.1, 0.15) is 65.4 Å². The smallest absolute Gasteiger partial charge is 0.374 e. The Morgan fingerprint density at radius 2 is 1.55 bits per heavy atom. The first kappa shape index (κ1) is 28.5. The van der Waals surface area contributed by atoms with Crippen molar-refractivity contribution in [2.45, 2.75) is 72.5 Å². The molecule has 5 nitrogen and oxygen atoms in total. The highest BCUT2D eigenvalue weighted by molar-refractivity contribution is 6.33. The number of esters is 1. The third-order valence-electron chi connectivity index (χ3n) is 5.13. The number of Topliss-reactive ketones (excluding diaryl/α,β-unsaturated/α-hetero) is 1. The first-order valence-electron chi connectivity index (χ1n) is 11.6. The molecule has 1 atom stereocenters. The number of methoxy groups -OCH3 is 1. The standard InChI is InChI=1S/C28H40O5/c1-22(2)11-9-12-23(3)13-10-14-24(4)17-18-33-26(19-27(29)28(30)31-5)21-32-20-25-15-7-6-8-16-25/h6-8,11,13,15-17,26H,9-10,12,14,18-21H2,1-5H3/b23-13+,24-17+/t26-/m1/s1. The first-order chi connectivity index (χ1) is 15.8. The molecule has 0 amide bonds. The second kappa shape index (κ2) is 17.0. The van der Waals surface area contributed by atoms with E-state index < -0.39 is 17.9 Å². The molecule has 5 heteroatoms. The Hall–Kier alpha value is -2.50. The zero-order valence-electron chi connectivity index (χ0n) is 20.9. The van der Waals surface area contributed by atoms with E-state index in [2.05, 4.69) is 44.6 Å². The summed E-state index contributed by atoms with van der Waals surface area (Å²) in [4.78, 5) is 23.5. The number of hydrogen-bond acceptors (Lipinski definition) is 5. The Kier molecular flexibility index (Phi) is 14.7. The maximum atomic E-state index is 12.0. The van der Waals surface area contributed by atoms with Crippen molar-refractivity contribution in [1.82, 2.24) is 0 Å². The quantitative estimate of drug-likeness (QED) is 0.170. The van der Waals surface area contributed by atoms with Crippen molar-refractivity contribution < 1.29 is 23.8 Å². The van der Waals surface area contributed by atoms with E-state index in [-0.39, 0.29) is 13.0 Å². The molecule has 0 spiro atoms. The van der Waals surface area contributed by atoms with Crippen LogP contribution in [0.15, 0.2) is 65.3 Å². The van der Waals surface area contributed by atoms with Crippen molar-refractivity contribution in [3.8, 4) is 0 Å². The van der Waals surface area contributed by atoms with E-state index in [1.165, 1.54) is 23.8 Å². The molecular weight excluding hydrogens is 416 g/mol. The molecule has 0 unspecified atom stereocenters. The van der Waals surface area contributed by atoms with Crippen LogP contribution >= 0.6 is 0 Å². The van der Waals surface area contributed by atoms with Crippen molar-refractivity contribution in [2.24, 2.45) is 0 Å². The molecule has 0 radical (unpaired) electrons. The summed E-state index contributed by atoms with van der Waals surface area (Å²) in [5.74, 6) is -1.47. The van der Waals surface area contributed by atoms with Gasteiger partial charge in [0, 0.05) is 6.42 Å². The van der Waals surface area contributed by atoms with Gasteiger partial charge in [-0.2, -0.15) is 0 Å². The molecule has 0 fully saturated rings. The zero-order valence-corrected chi connectivity index (χ0v) is 20.9. The molecule has 0 saturated heterocycles. The summed E-state index contributed by atoms with van der Waals surface area (Å²) in [5.41, 5.74) is 5.04. The van der Waals surface area contributed by atoms with E-state index in [1.54, 1.807) is 0 Å². The molecule has 0 aliphatic carbocycles. The zero-order chi connectivity index (χ0) is 24.5. The lowest BCUT2D eigenvalue weighted by Crippen LogP contribution is -2.28. The lowest BCUT2D eigenvalue weighted by Gasteiger charge is -2.16. The summed E-state index contributed by atoms with van der Waals surface area (Å²) in [6, 6.07) is 9.78. The molecule has 0 bridgehead atoms. The van der Waals surface area contributed by atoms with Gasteiger partial charge in [0.05, 0.1) is 33.0 Å². The third kappa shape index (κ3) is 14.3. The van der Waals surface area contributed by atoms with Gasteiger partial charge in [0.15, 0.2) is 0 Å². The van der Waals surface area contributed by atoms with Gasteiger partial charge >= 0.3 is 5.97 Å². The summed E-state index contributed by atoms with van der Waals surface area (Å²) in [5, 5.41) is 0. The average Bonchev–Trinajstić information content (AvgIpc) is 2.78. The van der Waals surface area contributed by atoms with Crippen molar-refractivity contribution in [3.63, 3.8) is 0 Å². The van der Waals surface area contributed by atoms with Gasteiger partial charge in [-0.3, -0.25) is 4.79 Å². The van der Waals surface area contributed by atoms with Crippen LogP contribution in [-0.4, -0.2) is 38.2 Å². The topological polar surface area (TPSA) is 61.8 Å². The van der Waals surface area contributed by atoms with E-state index in [9.17, 15) is 9.59 Å². The minimum atomic E-state index is -0.856. The maximum Gasteiger partial charge on any atom is 0.374 e. The van der Waals surface area contributed by atoms with Crippen LogP contribution in [0.25, 0.3) is 0 Å². The normalized spacial score (nSPS) is 12.9. The summed E-state index contributed by atoms with van der Waals surface area (Å²) < 4.78 is 16.1. The van der Waals surface area contributed by atoms with Crippen LogP contribution in [0.2, 0.25) is 0 Å². The number of benzene rings is 1. The van der Waals surface area contributed by atoms with Crippen LogP contribution < -0.4 is 0 Å². The molecule has 0 heterocycles. The minimum Gasteiger partial charge on any atom is -0.463 e. The van der Waals surface area contributed by atoms with Gasteiger partial charge in [0.1, 0.15) is 0 Å². The van der Waals surface area contributed by atoms with Crippen molar-refractivity contribution >= 4 is 11.8 Å². The molecule has 33 heavy (non-hydrogen) atoms. The van der Waals surface area contributed by atoms with Gasteiger partial charge in [-0.05, 0) is 58.9 Å². The van der Waals surface area contributed by atoms with Gasteiger partial charge in [-0.15, -0.1) is 0 Å². The highest BCUT2D eigenvalue weighted by Gasteiger charge is 2.21. The van der Waals surface area contributed by atoms with Gasteiger partial charge < -0.3 is 14.2 Å². The number of ether oxygens (including phenoxy) is 3. The molecule has 182 valence electrons. The van der Waals surface area contributed by atoms with E-state index >= 15 is 0 Å². The van der Waals surface area contributed by atoms with Crippen LogP contribution in [0, 0.1) is 0 Å². The number of allylic oxidation sites excluding steroid dienone is 5. The van der Waals surface area contributed by atoms with Gasteiger partial charge in [-0.1, -0.05) is 65.3 Å². The van der Waals surface area contributed by atoms with E-state index in [0.717, 1.165) is 31.2 Å². The summed E-state index contributed by atoms with van der Waals surface area (Å²) in [6.45, 7) is 9.51. The van der Waals surface area contributed by atoms with E-state index in [4.69, 9.17) is 9.47 Å². The lowest BCUT2D eigenvalue weighted by atomic mass is 10.1. The second-order valence-electron chi connectivity index (χ2n) is 8.53. The van der Waals surface area contributed by atoms with Crippen molar-refractivity contribution in [1.29, 1.82) is 0 Å². The average molecular weight is 457 g/mol. The van der Waals surface area contributed by atoms with Crippen molar-refractivity contribution in [2.75, 3.05) is 20.3 Å². The predicted octanol–water partition coefficient (Wildman–Crippen LogP) is 6.14. The largest absolute Gasteiger partial charge is 0.463 e. The molecule has 1 rings (SSSR count). The fourth-order valence-electron chi connectivity index (χ4n) is 3.12. The second-order valence-corrected chi connectivity index (χ2v) is 8.53. The monoisotopic (exact) mass is 456 g/mol. The van der Waals surface area contributed by atoms with Crippen molar-refractivity contribution in [3.05, 3.63) is 70.8 Å². The van der Waals surface area contributed by atoms with Gasteiger partial charge in [0.25, 0.3) is 0 Å². The SMILES string of the molecule is COC(=O)C(=O)C[C@H](COCc1ccccc1)OC/C=C(\C)CC/C=C(\C)CCC=C(C)C. The van der Waals surface area contributed by atoms with Crippen LogP contribution in [0.4, 0.5) is 0 Å². The summed E-state index contributed by atoms with van der Waals surface area (Å²) in [6.07, 6.45) is 10.1. The fraction of sp³-hybridized carbons (Fsp3) is 0.500. The van der Waals surface area contributed by atoms with E-state index in [0.29, 0.717) is 13.2 Å². The molecule has 0 aliphatic heterocycles. The Balaban J connectivity index is 2.49. The minimum absolute atomic E-state index is 0.0675. The number of rotatable bonds is 16.